The number of hydrogen-bond acceptors (Lipinski definition) is 6. The van der Waals surface area contributed by atoms with Crippen molar-refractivity contribution in [3.05, 3.63) is 0 Å². The molecule has 0 spiro atoms. The number of guanidine groups is 1. The lowest BCUT2D eigenvalue weighted by atomic mass is 10.1. The van der Waals surface area contributed by atoms with E-state index >= 15 is 0 Å². The molecule has 0 aliphatic carbocycles. The number of hydrogen-bond donors (Lipinski definition) is 7. The first kappa shape index (κ1) is 24.4. The Labute approximate surface area is 144 Å². The molecule has 0 bridgehead atoms. The highest BCUT2D eigenvalue weighted by atomic mass is 16.4. The minimum Gasteiger partial charge on any atom is -0.481 e. The summed E-state index contributed by atoms with van der Waals surface area (Å²) in [4.78, 5) is 45.7. The average Bonchev–Trinajstić information content (AvgIpc) is 2.46. The molecule has 0 radical (unpaired) electrons. The van der Waals surface area contributed by atoms with Crippen LogP contribution in [0.1, 0.15) is 32.6 Å². The Morgan fingerprint density at radius 2 is 1.60 bits per heavy atom. The van der Waals surface area contributed by atoms with E-state index in [-0.39, 0.29) is 25.2 Å². The van der Waals surface area contributed by atoms with Crippen LogP contribution in [0.2, 0.25) is 0 Å². The van der Waals surface area contributed by atoms with Crippen LogP contribution < -0.4 is 22.5 Å². The summed E-state index contributed by atoms with van der Waals surface area (Å²) in [6.07, 6.45) is 0.154. The molecule has 0 saturated heterocycles. The molecule has 10 N–H and O–H groups in total. The zero-order chi connectivity index (χ0) is 20.0. The fourth-order valence-electron chi connectivity index (χ4n) is 1.45. The van der Waals surface area contributed by atoms with Crippen molar-refractivity contribution in [3.63, 3.8) is 0 Å². The van der Waals surface area contributed by atoms with Crippen molar-refractivity contribution >= 4 is 29.8 Å². The zero-order valence-electron chi connectivity index (χ0n) is 13.8. The van der Waals surface area contributed by atoms with Crippen LogP contribution in [0.5, 0.6) is 0 Å². The second-order valence-electron chi connectivity index (χ2n) is 4.91. The van der Waals surface area contributed by atoms with Crippen molar-refractivity contribution in [1.82, 2.24) is 5.32 Å². The maximum absolute atomic E-state index is 11.7. The number of rotatable bonds is 10. The second kappa shape index (κ2) is 13.5. The molecule has 0 aromatic rings. The van der Waals surface area contributed by atoms with Crippen molar-refractivity contribution in [1.29, 1.82) is 0 Å². The van der Waals surface area contributed by atoms with Crippen LogP contribution >= 0.6 is 0 Å². The summed E-state index contributed by atoms with van der Waals surface area (Å²) in [5, 5.41) is 27.0. The van der Waals surface area contributed by atoms with Gasteiger partial charge in [-0.05, 0) is 19.3 Å². The summed E-state index contributed by atoms with van der Waals surface area (Å²) in [5.74, 6) is -4.00. The molecule has 0 fully saturated rings. The molecule has 144 valence electrons. The number of carbonyl (C=O) groups is 4. The summed E-state index contributed by atoms with van der Waals surface area (Å²) in [7, 11) is 0. The van der Waals surface area contributed by atoms with Crippen LogP contribution in [0.15, 0.2) is 4.99 Å². The fourth-order valence-corrected chi connectivity index (χ4v) is 1.45. The molecule has 0 aliphatic heterocycles. The van der Waals surface area contributed by atoms with E-state index in [2.05, 4.69) is 10.3 Å². The van der Waals surface area contributed by atoms with Crippen LogP contribution in [0.4, 0.5) is 0 Å². The van der Waals surface area contributed by atoms with Crippen LogP contribution in [0, 0.1) is 0 Å². The van der Waals surface area contributed by atoms with E-state index in [9.17, 15) is 14.4 Å². The number of aliphatic imine (C=N–C) groups is 1. The van der Waals surface area contributed by atoms with Crippen molar-refractivity contribution in [3.8, 4) is 0 Å². The van der Waals surface area contributed by atoms with Crippen molar-refractivity contribution in [2.45, 2.75) is 44.7 Å². The van der Waals surface area contributed by atoms with E-state index in [1.54, 1.807) is 0 Å². The van der Waals surface area contributed by atoms with Gasteiger partial charge in [0.15, 0.2) is 5.96 Å². The van der Waals surface area contributed by atoms with Gasteiger partial charge in [0.2, 0.25) is 5.91 Å². The Kier molecular flexibility index (Phi) is 13.2. The third-order valence-electron chi connectivity index (χ3n) is 2.57. The van der Waals surface area contributed by atoms with Crippen LogP contribution in [0.25, 0.3) is 0 Å². The smallest absolute Gasteiger partial charge is 0.326 e. The highest BCUT2D eigenvalue weighted by Gasteiger charge is 2.23. The van der Waals surface area contributed by atoms with Crippen molar-refractivity contribution < 1.29 is 34.5 Å². The Hall–Kier alpha value is -2.89. The number of carboxylic acids is 3. The Bertz CT molecular complexity index is 487. The minimum absolute atomic E-state index is 0.0624. The number of nitrogens with one attached hydrogen (secondary N) is 1. The summed E-state index contributed by atoms with van der Waals surface area (Å²) in [5.41, 5.74) is 15.9. The first-order chi connectivity index (χ1) is 11.5. The van der Waals surface area contributed by atoms with Crippen LogP contribution in [0.3, 0.4) is 0 Å². The molecule has 2 unspecified atom stereocenters. The second-order valence-corrected chi connectivity index (χ2v) is 4.91. The lowest BCUT2D eigenvalue weighted by molar-refractivity contribution is -0.143. The molecule has 0 aliphatic rings. The Morgan fingerprint density at radius 3 is 2.00 bits per heavy atom. The number of amides is 1. The van der Waals surface area contributed by atoms with E-state index in [1.165, 1.54) is 0 Å². The predicted octanol–water partition coefficient (Wildman–Crippen LogP) is -2.11. The quantitative estimate of drug-likeness (QED) is 0.127. The lowest BCUT2D eigenvalue weighted by Crippen LogP contribution is -2.48. The summed E-state index contributed by atoms with van der Waals surface area (Å²) in [6.45, 7) is 1.39. The minimum atomic E-state index is -1.31. The molecule has 0 rings (SSSR count). The Balaban J connectivity index is 0. The molecule has 0 aromatic heterocycles. The van der Waals surface area contributed by atoms with E-state index < -0.39 is 35.9 Å². The van der Waals surface area contributed by atoms with Gasteiger partial charge >= 0.3 is 11.9 Å². The SMILES string of the molecule is CC(=O)O.NC(N)=NCCCC(N)C(=O)NC(CCC(=O)O)C(=O)O. The summed E-state index contributed by atoms with van der Waals surface area (Å²) >= 11 is 0. The zero-order valence-corrected chi connectivity index (χ0v) is 13.8. The molecule has 12 nitrogen and oxygen atoms in total. The number of nitrogens with two attached hydrogens (primary N) is 3. The van der Waals surface area contributed by atoms with Crippen LogP contribution in [-0.2, 0) is 19.2 Å². The molecular formula is C13H25N5O7. The molecule has 1 amide bonds. The van der Waals surface area contributed by atoms with E-state index in [0.29, 0.717) is 13.0 Å². The molecular weight excluding hydrogens is 338 g/mol. The van der Waals surface area contributed by atoms with Crippen LogP contribution in [-0.4, -0.2) is 63.7 Å². The van der Waals surface area contributed by atoms with Gasteiger partial charge in [-0.15, -0.1) is 0 Å². The third kappa shape index (κ3) is 17.3. The topological polar surface area (TPSA) is 231 Å². The van der Waals surface area contributed by atoms with Gasteiger partial charge in [0.05, 0.1) is 6.04 Å². The molecule has 0 saturated carbocycles. The molecule has 25 heavy (non-hydrogen) atoms. The van der Waals surface area contributed by atoms with Crippen molar-refractivity contribution in [2.75, 3.05) is 6.54 Å². The largest absolute Gasteiger partial charge is 0.481 e. The van der Waals surface area contributed by atoms with Gasteiger partial charge in [0.25, 0.3) is 5.97 Å². The van der Waals surface area contributed by atoms with Gasteiger partial charge in [-0.1, -0.05) is 0 Å². The van der Waals surface area contributed by atoms with E-state index in [1.807, 2.05) is 0 Å². The fraction of sp³-hybridized carbons (Fsp3) is 0.615. The molecule has 12 heteroatoms. The lowest BCUT2D eigenvalue weighted by Gasteiger charge is -2.17. The molecule has 2 atom stereocenters. The van der Waals surface area contributed by atoms with E-state index in [4.69, 9.17) is 37.3 Å². The Morgan fingerprint density at radius 1 is 1.08 bits per heavy atom. The van der Waals surface area contributed by atoms with Gasteiger partial charge in [-0.3, -0.25) is 19.4 Å². The summed E-state index contributed by atoms with van der Waals surface area (Å²) in [6, 6.07) is -2.19. The monoisotopic (exact) mass is 363 g/mol. The average molecular weight is 363 g/mol. The predicted molar refractivity (Wildman–Crippen MR) is 87.6 cm³/mol. The van der Waals surface area contributed by atoms with Gasteiger partial charge in [0, 0.05) is 19.9 Å². The highest BCUT2D eigenvalue weighted by molar-refractivity contribution is 5.87. The van der Waals surface area contributed by atoms with Gasteiger partial charge in [-0.25, -0.2) is 4.79 Å². The number of aliphatic carboxylic acids is 3. The first-order valence-electron chi connectivity index (χ1n) is 7.22. The first-order valence-corrected chi connectivity index (χ1v) is 7.22. The number of carbonyl (C=O) groups excluding carboxylic acids is 1. The molecule has 0 heterocycles. The normalized spacial score (nSPS) is 11.9. The third-order valence-corrected chi connectivity index (χ3v) is 2.57. The van der Waals surface area contributed by atoms with Gasteiger partial charge < -0.3 is 37.8 Å². The standard InChI is InChI=1S/C11H21N5O5.C2H4O2/c12-6(2-1-5-15-11(13)14)9(19)16-7(10(20)21)3-4-8(17)18;1-2(3)4/h6-7H,1-5,12H2,(H,16,19)(H,17,18)(H,20,21)(H4,13,14,15);1H3,(H,3,4). The van der Waals surface area contributed by atoms with Crippen molar-refractivity contribution in [2.24, 2.45) is 22.2 Å². The van der Waals surface area contributed by atoms with Gasteiger partial charge in [0.1, 0.15) is 6.04 Å². The molecule has 0 aromatic carbocycles. The highest BCUT2D eigenvalue weighted by Crippen LogP contribution is 2.01. The number of carboxylic acid groups (broad SMARTS) is 3. The maximum Gasteiger partial charge on any atom is 0.326 e. The van der Waals surface area contributed by atoms with E-state index in [0.717, 1.165) is 6.92 Å². The summed E-state index contributed by atoms with van der Waals surface area (Å²) < 4.78 is 0. The maximum atomic E-state index is 11.7. The number of nitrogens with zero attached hydrogens (tertiary/aromatic N) is 1. The van der Waals surface area contributed by atoms with Gasteiger partial charge in [-0.2, -0.15) is 0 Å².